The molecule has 3 rings (SSSR count). The number of benzene rings is 2. The van der Waals surface area contributed by atoms with E-state index in [1.165, 1.54) is 7.11 Å². The molecule has 0 atom stereocenters. The smallest absolute Gasteiger partial charge is 0.306 e. The molecule has 0 bridgehead atoms. The van der Waals surface area contributed by atoms with Gasteiger partial charge in [-0.2, -0.15) is 5.10 Å². The molecule has 1 heterocycles. The Hall–Kier alpha value is -3.32. The van der Waals surface area contributed by atoms with Crippen LogP contribution in [0.25, 0.3) is 5.69 Å². The minimum absolute atomic E-state index is 0.147. The average molecular weight is 414 g/mol. The third-order valence-electron chi connectivity index (χ3n) is 4.07. The molecule has 0 aliphatic carbocycles. The highest BCUT2D eigenvalue weighted by molar-refractivity contribution is 6.31. The molecule has 0 spiro atoms. The molecule has 1 N–H and O–H groups in total. The summed E-state index contributed by atoms with van der Waals surface area (Å²) in [7, 11) is 1.48. The van der Waals surface area contributed by atoms with Crippen molar-refractivity contribution in [2.24, 2.45) is 0 Å². The van der Waals surface area contributed by atoms with Crippen molar-refractivity contribution < 1.29 is 19.1 Å². The van der Waals surface area contributed by atoms with Gasteiger partial charge in [-0.1, -0.05) is 29.8 Å². The molecule has 0 radical (unpaired) electrons. The fourth-order valence-electron chi connectivity index (χ4n) is 2.64. The minimum atomic E-state index is -0.476. The van der Waals surface area contributed by atoms with E-state index in [0.717, 1.165) is 11.3 Å². The Balaban J connectivity index is 1.45. The molecule has 0 aliphatic heterocycles. The second kappa shape index (κ2) is 9.75. The first-order valence-corrected chi connectivity index (χ1v) is 9.31. The van der Waals surface area contributed by atoms with Crippen LogP contribution in [0.5, 0.6) is 5.75 Å². The number of hydrogen-bond acceptors (Lipinski definition) is 5. The molecule has 150 valence electrons. The standard InChI is InChI=1S/C21H20ClN3O4/c1-28-19-9-8-16(22)11-18(19)24-20(26)14-29-21(27)10-7-15-12-23-25(13-15)17-5-3-2-4-6-17/h2-6,8-9,11-13H,7,10,14H2,1H3,(H,24,26). The number of nitrogens with zero attached hydrogens (tertiary/aromatic N) is 2. The van der Waals surface area contributed by atoms with Crippen molar-refractivity contribution in [1.82, 2.24) is 9.78 Å². The van der Waals surface area contributed by atoms with Crippen LogP contribution in [0.2, 0.25) is 5.02 Å². The number of aryl methyl sites for hydroxylation is 1. The number of hydrogen-bond donors (Lipinski definition) is 1. The second-order valence-electron chi connectivity index (χ2n) is 6.18. The highest BCUT2D eigenvalue weighted by atomic mass is 35.5. The van der Waals surface area contributed by atoms with Gasteiger partial charge in [-0.3, -0.25) is 9.59 Å². The van der Waals surface area contributed by atoms with Gasteiger partial charge in [-0.05, 0) is 42.3 Å². The fraction of sp³-hybridized carbons (Fsp3) is 0.190. The Kier molecular flexibility index (Phi) is 6.86. The first kappa shape index (κ1) is 20.4. The summed E-state index contributed by atoms with van der Waals surface area (Å²) < 4.78 is 11.9. The van der Waals surface area contributed by atoms with Crippen molar-refractivity contribution in [3.63, 3.8) is 0 Å². The fourth-order valence-corrected chi connectivity index (χ4v) is 2.81. The molecule has 29 heavy (non-hydrogen) atoms. The van der Waals surface area contributed by atoms with Crippen LogP contribution < -0.4 is 10.1 Å². The Morgan fingerprint density at radius 1 is 1.17 bits per heavy atom. The zero-order valence-corrected chi connectivity index (χ0v) is 16.6. The van der Waals surface area contributed by atoms with Crippen LogP contribution >= 0.6 is 11.6 Å². The topological polar surface area (TPSA) is 82.4 Å². The van der Waals surface area contributed by atoms with E-state index in [2.05, 4.69) is 10.4 Å². The van der Waals surface area contributed by atoms with Crippen molar-refractivity contribution in [1.29, 1.82) is 0 Å². The number of amides is 1. The van der Waals surface area contributed by atoms with E-state index in [1.54, 1.807) is 29.1 Å². The van der Waals surface area contributed by atoms with Crippen LogP contribution in [-0.4, -0.2) is 35.4 Å². The number of nitrogens with one attached hydrogen (secondary N) is 1. The molecule has 0 saturated carbocycles. The third-order valence-corrected chi connectivity index (χ3v) is 4.31. The Labute approximate surface area is 173 Å². The molecule has 0 saturated heterocycles. The molecule has 2 aromatic carbocycles. The average Bonchev–Trinajstić information content (AvgIpc) is 3.21. The summed E-state index contributed by atoms with van der Waals surface area (Å²) in [6, 6.07) is 14.5. The molecule has 0 aliphatic rings. The summed E-state index contributed by atoms with van der Waals surface area (Å²) in [5.41, 5.74) is 2.25. The van der Waals surface area contributed by atoms with E-state index in [1.807, 2.05) is 36.5 Å². The number of methoxy groups -OCH3 is 1. The van der Waals surface area contributed by atoms with Gasteiger partial charge in [0.25, 0.3) is 5.91 Å². The number of carbonyl (C=O) groups excluding carboxylic acids is 2. The van der Waals surface area contributed by atoms with Gasteiger partial charge in [0.2, 0.25) is 0 Å². The van der Waals surface area contributed by atoms with E-state index in [0.29, 0.717) is 22.9 Å². The Morgan fingerprint density at radius 2 is 1.97 bits per heavy atom. The van der Waals surface area contributed by atoms with Gasteiger partial charge in [-0.15, -0.1) is 0 Å². The van der Waals surface area contributed by atoms with Crippen molar-refractivity contribution >= 4 is 29.2 Å². The lowest BCUT2D eigenvalue weighted by molar-refractivity contribution is -0.147. The lowest BCUT2D eigenvalue weighted by Gasteiger charge is -2.10. The maximum Gasteiger partial charge on any atom is 0.306 e. The highest BCUT2D eigenvalue weighted by Crippen LogP contribution is 2.27. The van der Waals surface area contributed by atoms with Crippen molar-refractivity contribution in [3.8, 4) is 11.4 Å². The molecule has 3 aromatic rings. The SMILES string of the molecule is COc1ccc(Cl)cc1NC(=O)COC(=O)CCc1cnn(-c2ccccc2)c1. The molecule has 1 amide bonds. The molecule has 1 aromatic heterocycles. The van der Waals surface area contributed by atoms with Gasteiger partial charge in [-0.25, -0.2) is 4.68 Å². The number of carbonyl (C=O) groups is 2. The molecule has 0 fully saturated rings. The Morgan fingerprint density at radius 3 is 2.72 bits per heavy atom. The molecular formula is C21H20ClN3O4. The van der Waals surface area contributed by atoms with E-state index in [4.69, 9.17) is 21.1 Å². The quantitative estimate of drug-likeness (QED) is 0.570. The highest BCUT2D eigenvalue weighted by Gasteiger charge is 2.12. The summed E-state index contributed by atoms with van der Waals surface area (Å²) in [5.74, 6) is -0.481. The normalized spacial score (nSPS) is 10.4. The molecule has 7 nitrogen and oxygen atoms in total. The Bertz CT molecular complexity index is 989. The van der Waals surface area contributed by atoms with Crippen molar-refractivity contribution in [2.45, 2.75) is 12.8 Å². The van der Waals surface area contributed by atoms with Crippen molar-refractivity contribution in [3.05, 3.63) is 71.5 Å². The number of anilines is 1. The second-order valence-corrected chi connectivity index (χ2v) is 6.62. The lowest BCUT2D eigenvalue weighted by Crippen LogP contribution is -2.21. The van der Waals surface area contributed by atoms with E-state index >= 15 is 0 Å². The van der Waals surface area contributed by atoms with Crippen LogP contribution in [0.3, 0.4) is 0 Å². The first-order valence-electron chi connectivity index (χ1n) is 8.93. The lowest BCUT2D eigenvalue weighted by atomic mass is 10.2. The summed E-state index contributed by atoms with van der Waals surface area (Å²) in [6.45, 7) is -0.391. The maximum absolute atomic E-state index is 12.0. The molecule has 0 unspecified atom stereocenters. The number of halogens is 1. The van der Waals surface area contributed by atoms with E-state index in [9.17, 15) is 9.59 Å². The summed E-state index contributed by atoms with van der Waals surface area (Å²) >= 11 is 5.93. The van der Waals surface area contributed by atoms with Gasteiger partial charge in [0, 0.05) is 17.6 Å². The number of ether oxygens (including phenoxy) is 2. The monoisotopic (exact) mass is 413 g/mol. The van der Waals surface area contributed by atoms with Crippen LogP contribution in [-0.2, 0) is 20.7 Å². The van der Waals surface area contributed by atoms with E-state index < -0.39 is 18.5 Å². The molecule has 8 heteroatoms. The zero-order chi connectivity index (χ0) is 20.6. The predicted molar refractivity (Wildman–Crippen MR) is 109 cm³/mol. The predicted octanol–water partition coefficient (Wildman–Crippen LogP) is 3.65. The van der Waals surface area contributed by atoms with Gasteiger partial charge < -0.3 is 14.8 Å². The van der Waals surface area contributed by atoms with Crippen LogP contribution in [0.15, 0.2) is 60.9 Å². The number of aromatic nitrogens is 2. The molecular weight excluding hydrogens is 394 g/mol. The van der Waals surface area contributed by atoms with Gasteiger partial charge >= 0.3 is 5.97 Å². The van der Waals surface area contributed by atoms with Gasteiger partial charge in [0.15, 0.2) is 6.61 Å². The van der Waals surface area contributed by atoms with Gasteiger partial charge in [0.05, 0.1) is 24.7 Å². The van der Waals surface area contributed by atoms with E-state index in [-0.39, 0.29) is 6.42 Å². The van der Waals surface area contributed by atoms with Crippen LogP contribution in [0.1, 0.15) is 12.0 Å². The number of esters is 1. The maximum atomic E-state index is 12.0. The zero-order valence-electron chi connectivity index (χ0n) is 15.8. The van der Waals surface area contributed by atoms with Crippen molar-refractivity contribution in [2.75, 3.05) is 19.0 Å². The largest absolute Gasteiger partial charge is 0.495 e. The summed E-state index contributed by atoms with van der Waals surface area (Å²) in [6.07, 6.45) is 4.18. The number of rotatable bonds is 8. The van der Waals surface area contributed by atoms with Crippen LogP contribution in [0.4, 0.5) is 5.69 Å². The summed E-state index contributed by atoms with van der Waals surface area (Å²) in [4.78, 5) is 24.0. The number of para-hydroxylation sites is 1. The minimum Gasteiger partial charge on any atom is -0.495 e. The van der Waals surface area contributed by atoms with Gasteiger partial charge in [0.1, 0.15) is 5.75 Å². The summed E-state index contributed by atoms with van der Waals surface area (Å²) in [5, 5.41) is 7.35. The third kappa shape index (κ3) is 5.83. The first-order chi connectivity index (χ1) is 14.0. The van der Waals surface area contributed by atoms with Crippen LogP contribution in [0, 0.1) is 0 Å².